The summed E-state index contributed by atoms with van der Waals surface area (Å²) in [5.74, 6) is 0.253. The highest BCUT2D eigenvalue weighted by atomic mass is 16.1. The Morgan fingerprint density at radius 3 is 2.48 bits per heavy atom. The summed E-state index contributed by atoms with van der Waals surface area (Å²) in [6, 6.07) is 12.5. The molecule has 0 radical (unpaired) electrons. The van der Waals surface area contributed by atoms with Crippen LogP contribution in [0.25, 0.3) is 0 Å². The van der Waals surface area contributed by atoms with Gasteiger partial charge in [-0.05, 0) is 44.3 Å². The Bertz CT molecular complexity index is 539. The van der Waals surface area contributed by atoms with Crippen LogP contribution in [-0.2, 0) is 11.3 Å². The second-order valence-electron chi connectivity index (χ2n) is 7.33. The molecule has 3 heterocycles. The van der Waals surface area contributed by atoms with Gasteiger partial charge in [0, 0.05) is 37.6 Å². The number of hydrogen-bond donors (Lipinski definition) is 1. The first-order valence-corrected chi connectivity index (χ1v) is 9.10. The molecule has 4 nitrogen and oxygen atoms in total. The molecular formula is C19H27N3O. The molecule has 3 saturated heterocycles. The van der Waals surface area contributed by atoms with Crippen molar-refractivity contribution in [2.45, 2.75) is 56.8 Å². The Morgan fingerprint density at radius 2 is 1.70 bits per heavy atom. The second-order valence-corrected chi connectivity index (χ2v) is 7.33. The molecule has 124 valence electrons. The lowest BCUT2D eigenvalue weighted by Crippen LogP contribution is -2.50. The van der Waals surface area contributed by atoms with Crippen molar-refractivity contribution in [1.82, 2.24) is 15.1 Å². The number of amides is 1. The summed E-state index contributed by atoms with van der Waals surface area (Å²) in [7, 11) is 0. The van der Waals surface area contributed by atoms with E-state index >= 15 is 0 Å². The fourth-order valence-electron chi connectivity index (χ4n) is 4.73. The van der Waals surface area contributed by atoms with Gasteiger partial charge in [-0.2, -0.15) is 0 Å². The van der Waals surface area contributed by atoms with Gasteiger partial charge in [0.1, 0.15) is 0 Å². The van der Waals surface area contributed by atoms with E-state index in [1.807, 2.05) is 0 Å². The normalized spacial score (nSPS) is 30.2. The summed E-state index contributed by atoms with van der Waals surface area (Å²) in [6.45, 7) is 4.29. The molecule has 3 fully saturated rings. The van der Waals surface area contributed by atoms with Crippen molar-refractivity contribution in [3.63, 3.8) is 0 Å². The highest BCUT2D eigenvalue weighted by Gasteiger charge is 2.41. The van der Waals surface area contributed by atoms with Gasteiger partial charge in [-0.15, -0.1) is 0 Å². The number of nitrogens with one attached hydrogen (secondary N) is 1. The van der Waals surface area contributed by atoms with E-state index in [4.69, 9.17) is 0 Å². The number of benzene rings is 1. The lowest BCUT2D eigenvalue weighted by Gasteiger charge is -2.41. The molecule has 0 unspecified atom stereocenters. The number of carbonyl (C=O) groups is 1. The molecule has 3 aliphatic rings. The van der Waals surface area contributed by atoms with E-state index in [1.165, 1.54) is 44.3 Å². The minimum Gasteiger partial charge on any atom is -0.354 e. The maximum atomic E-state index is 11.8. The van der Waals surface area contributed by atoms with Crippen molar-refractivity contribution in [2.24, 2.45) is 0 Å². The number of piperidine rings is 1. The van der Waals surface area contributed by atoms with Crippen LogP contribution in [0.15, 0.2) is 30.3 Å². The van der Waals surface area contributed by atoms with Gasteiger partial charge < -0.3 is 5.32 Å². The molecule has 4 rings (SSSR count). The highest BCUT2D eigenvalue weighted by Crippen LogP contribution is 2.33. The van der Waals surface area contributed by atoms with E-state index in [0.717, 1.165) is 13.1 Å². The summed E-state index contributed by atoms with van der Waals surface area (Å²) in [5, 5.41) is 3.10. The third-order valence-corrected chi connectivity index (χ3v) is 5.86. The summed E-state index contributed by atoms with van der Waals surface area (Å²) >= 11 is 0. The molecule has 0 aliphatic carbocycles. The van der Waals surface area contributed by atoms with Gasteiger partial charge in [0.05, 0.1) is 0 Å². The molecule has 1 N–H and O–H groups in total. The number of carbonyl (C=O) groups excluding carboxylic acids is 1. The molecule has 3 aliphatic heterocycles. The summed E-state index contributed by atoms with van der Waals surface area (Å²) in [4.78, 5) is 17.1. The molecule has 0 saturated carbocycles. The lowest BCUT2D eigenvalue weighted by atomic mass is 10.00. The van der Waals surface area contributed by atoms with Gasteiger partial charge in [-0.25, -0.2) is 0 Å². The van der Waals surface area contributed by atoms with Crippen LogP contribution in [0.5, 0.6) is 0 Å². The van der Waals surface area contributed by atoms with Gasteiger partial charge in [0.25, 0.3) is 0 Å². The Morgan fingerprint density at radius 1 is 0.957 bits per heavy atom. The summed E-state index contributed by atoms with van der Waals surface area (Å²) in [5.41, 5.74) is 1.41. The van der Waals surface area contributed by atoms with Crippen LogP contribution in [0, 0.1) is 0 Å². The molecule has 0 aromatic heterocycles. The second kappa shape index (κ2) is 6.62. The van der Waals surface area contributed by atoms with Crippen LogP contribution >= 0.6 is 0 Å². The van der Waals surface area contributed by atoms with Crippen LogP contribution in [-0.4, -0.2) is 53.5 Å². The average molecular weight is 313 g/mol. The fourth-order valence-corrected chi connectivity index (χ4v) is 4.73. The monoisotopic (exact) mass is 313 g/mol. The van der Waals surface area contributed by atoms with Gasteiger partial charge in [-0.1, -0.05) is 30.3 Å². The van der Waals surface area contributed by atoms with Crippen LogP contribution in [0.4, 0.5) is 0 Å². The number of hydrogen-bond acceptors (Lipinski definition) is 3. The van der Waals surface area contributed by atoms with Crippen molar-refractivity contribution < 1.29 is 4.79 Å². The number of nitrogens with zero attached hydrogens (tertiary/aromatic N) is 2. The molecule has 4 heteroatoms. The van der Waals surface area contributed by atoms with Crippen LogP contribution in [0.1, 0.15) is 37.7 Å². The third kappa shape index (κ3) is 3.29. The van der Waals surface area contributed by atoms with Crippen LogP contribution < -0.4 is 5.32 Å². The maximum absolute atomic E-state index is 11.8. The van der Waals surface area contributed by atoms with Gasteiger partial charge >= 0.3 is 0 Å². The van der Waals surface area contributed by atoms with E-state index in [0.29, 0.717) is 24.5 Å². The van der Waals surface area contributed by atoms with Crippen molar-refractivity contribution in [2.75, 3.05) is 19.6 Å². The number of likely N-dealkylation sites (tertiary alicyclic amines) is 1. The molecule has 2 atom stereocenters. The van der Waals surface area contributed by atoms with Gasteiger partial charge in [-0.3, -0.25) is 14.6 Å². The molecule has 0 spiro atoms. The average Bonchev–Trinajstić information content (AvgIpc) is 2.88. The molecule has 1 aromatic carbocycles. The largest absolute Gasteiger partial charge is 0.354 e. The molecule has 23 heavy (non-hydrogen) atoms. The smallest absolute Gasteiger partial charge is 0.221 e. The van der Waals surface area contributed by atoms with Crippen molar-refractivity contribution >= 4 is 5.91 Å². The van der Waals surface area contributed by atoms with Crippen molar-refractivity contribution in [3.8, 4) is 0 Å². The van der Waals surface area contributed by atoms with E-state index < -0.39 is 0 Å². The SMILES string of the molecule is O=C1C[C@H]2CC[C@@H](CN1)N2C1CCN(Cc2ccccc2)CC1. The zero-order chi connectivity index (χ0) is 15.6. The van der Waals surface area contributed by atoms with Crippen molar-refractivity contribution in [3.05, 3.63) is 35.9 Å². The first kappa shape index (κ1) is 15.2. The number of rotatable bonds is 3. The van der Waals surface area contributed by atoms with E-state index in [9.17, 15) is 4.79 Å². The van der Waals surface area contributed by atoms with Gasteiger partial charge in [0.15, 0.2) is 0 Å². The van der Waals surface area contributed by atoms with Crippen molar-refractivity contribution in [1.29, 1.82) is 0 Å². The minimum atomic E-state index is 0.253. The van der Waals surface area contributed by atoms with Gasteiger partial charge in [0.2, 0.25) is 5.91 Å². The Labute approximate surface area is 138 Å². The fraction of sp³-hybridized carbons (Fsp3) is 0.632. The first-order valence-electron chi connectivity index (χ1n) is 9.10. The predicted molar refractivity (Wildman–Crippen MR) is 91.0 cm³/mol. The molecule has 2 bridgehead atoms. The Kier molecular flexibility index (Phi) is 4.36. The van der Waals surface area contributed by atoms with E-state index in [-0.39, 0.29) is 5.91 Å². The lowest BCUT2D eigenvalue weighted by molar-refractivity contribution is -0.121. The zero-order valence-electron chi connectivity index (χ0n) is 13.8. The molecule has 1 amide bonds. The maximum Gasteiger partial charge on any atom is 0.221 e. The quantitative estimate of drug-likeness (QED) is 0.927. The van der Waals surface area contributed by atoms with Crippen LogP contribution in [0.2, 0.25) is 0 Å². The third-order valence-electron chi connectivity index (χ3n) is 5.86. The topological polar surface area (TPSA) is 35.6 Å². The zero-order valence-corrected chi connectivity index (χ0v) is 13.8. The van der Waals surface area contributed by atoms with E-state index in [2.05, 4.69) is 45.4 Å². The molecular weight excluding hydrogens is 286 g/mol. The number of fused-ring (bicyclic) bond motifs is 2. The summed E-state index contributed by atoms with van der Waals surface area (Å²) < 4.78 is 0. The summed E-state index contributed by atoms with van der Waals surface area (Å²) in [6.07, 6.45) is 5.67. The predicted octanol–water partition coefficient (Wildman–Crippen LogP) is 2.00. The standard InChI is InChI=1S/C19H27N3O/c23-19-12-17-6-7-18(13-20-19)22(17)16-8-10-21(11-9-16)14-15-4-2-1-3-5-15/h1-5,16-18H,6-14H2,(H,20,23)/t17-,18+/m1/s1. The highest BCUT2D eigenvalue weighted by molar-refractivity contribution is 5.77. The minimum absolute atomic E-state index is 0.253. The van der Waals surface area contributed by atoms with E-state index in [1.54, 1.807) is 0 Å². The Balaban J connectivity index is 1.35. The first-order chi connectivity index (χ1) is 11.3. The van der Waals surface area contributed by atoms with Crippen LogP contribution in [0.3, 0.4) is 0 Å². The molecule has 1 aromatic rings. The Hall–Kier alpha value is -1.39.